The van der Waals surface area contributed by atoms with E-state index in [0.29, 0.717) is 30.1 Å². The lowest BCUT2D eigenvalue weighted by atomic mass is 10.1. The molecule has 4 nitrogen and oxygen atoms in total. The number of hydrogen-bond acceptors (Lipinski definition) is 4. The molecule has 130 valence electrons. The maximum atomic E-state index is 12.2. The number of aryl methyl sites for hydroxylation is 1. The summed E-state index contributed by atoms with van der Waals surface area (Å²) >= 11 is 0. The van der Waals surface area contributed by atoms with E-state index in [1.165, 1.54) is 0 Å². The average molecular weight is 348 g/mol. The van der Waals surface area contributed by atoms with Crippen LogP contribution in [0.15, 0.2) is 53.4 Å². The maximum Gasteiger partial charge on any atom is 0.178 e. The lowest BCUT2D eigenvalue weighted by molar-refractivity contribution is 0.173. The number of ether oxygens (including phenoxy) is 1. The highest BCUT2D eigenvalue weighted by molar-refractivity contribution is 7.91. The summed E-state index contributed by atoms with van der Waals surface area (Å²) in [4.78, 5) is 0.353. The van der Waals surface area contributed by atoms with Crippen molar-refractivity contribution in [2.45, 2.75) is 37.7 Å². The molecular formula is C19H24O4S. The van der Waals surface area contributed by atoms with Crippen molar-refractivity contribution in [1.29, 1.82) is 0 Å². The highest BCUT2D eigenvalue weighted by Crippen LogP contribution is 2.20. The molecule has 24 heavy (non-hydrogen) atoms. The van der Waals surface area contributed by atoms with Crippen LogP contribution in [-0.2, 0) is 9.84 Å². The Hall–Kier alpha value is -1.85. The summed E-state index contributed by atoms with van der Waals surface area (Å²) in [5.74, 6) is 0.734. The van der Waals surface area contributed by atoms with E-state index in [1.54, 1.807) is 36.4 Å². The molecule has 1 atom stereocenters. The van der Waals surface area contributed by atoms with Gasteiger partial charge < -0.3 is 9.84 Å². The second kappa shape index (κ2) is 8.31. The van der Waals surface area contributed by atoms with Gasteiger partial charge in [-0.2, -0.15) is 0 Å². The van der Waals surface area contributed by atoms with Gasteiger partial charge in [0.1, 0.15) is 5.75 Å². The molecule has 0 fully saturated rings. The van der Waals surface area contributed by atoms with Crippen LogP contribution < -0.4 is 4.74 Å². The first kappa shape index (κ1) is 18.5. The lowest BCUT2D eigenvalue weighted by Gasteiger charge is -2.10. The van der Waals surface area contributed by atoms with Crippen molar-refractivity contribution in [2.75, 3.05) is 12.4 Å². The van der Waals surface area contributed by atoms with E-state index in [4.69, 9.17) is 4.74 Å². The molecule has 2 rings (SSSR count). The fraction of sp³-hybridized carbons (Fsp3) is 0.368. The first-order valence-corrected chi connectivity index (χ1v) is 9.78. The topological polar surface area (TPSA) is 63.6 Å². The van der Waals surface area contributed by atoms with Crippen molar-refractivity contribution in [3.8, 4) is 5.75 Å². The van der Waals surface area contributed by atoms with Crippen LogP contribution in [0.2, 0.25) is 0 Å². The molecule has 5 heteroatoms. The summed E-state index contributed by atoms with van der Waals surface area (Å²) in [6.45, 7) is 4.18. The van der Waals surface area contributed by atoms with Crippen LogP contribution in [0.3, 0.4) is 0 Å². The van der Waals surface area contributed by atoms with Crippen molar-refractivity contribution in [1.82, 2.24) is 0 Å². The predicted octanol–water partition coefficient (Wildman–Crippen LogP) is 3.68. The van der Waals surface area contributed by atoms with Crippen molar-refractivity contribution < 1.29 is 18.3 Å². The van der Waals surface area contributed by atoms with Gasteiger partial charge in [0.2, 0.25) is 0 Å². The highest BCUT2D eigenvalue weighted by atomic mass is 32.2. The van der Waals surface area contributed by atoms with Gasteiger partial charge >= 0.3 is 0 Å². The molecule has 0 aliphatic carbocycles. The van der Waals surface area contributed by atoms with E-state index in [0.717, 1.165) is 11.1 Å². The summed E-state index contributed by atoms with van der Waals surface area (Å²) in [6.07, 6.45) is 0.630. The number of aliphatic hydroxyl groups is 1. The molecule has 0 aliphatic heterocycles. The lowest BCUT2D eigenvalue weighted by Crippen LogP contribution is -2.10. The van der Waals surface area contributed by atoms with Gasteiger partial charge in [0.05, 0.1) is 23.4 Å². The average Bonchev–Trinajstić information content (AvgIpc) is 2.59. The summed E-state index contributed by atoms with van der Waals surface area (Å²) in [6, 6.07) is 14.1. The van der Waals surface area contributed by atoms with Crippen LogP contribution in [0.25, 0.3) is 0 Å². The first-order chi connectivity index (χ1) is 11.4. The molecule has 0 aromatic heterocycles. The molecule has 0 spiro atoms. The molecule has 0 heterocycles. The Morgan fingerprint density at radius 1 is 1.04 bits per heavy atom. The Balaban J connectivity index is 1.83. The SMILES string of the molecule is CCC(O)c1ccc(OCCCS(=O)(=O)c2ccc(C)cc2)cc1. The Kier molecular flexibility index (Phi) is 6.40. The van der Waals surface area contributed by atoms with Gasteiger partial charge in [0.15, 0.2) is 9.84 Å². The summed E-state index contributed by atoms with van der Waals surface area (Å²) in [5, 5.41) is 9.74. The normalized spacial score (nSPS) is 12.8. The maximum absolute atomic E-state index is 12.2. The van der Waals surface area contributed by atoms with E-state index >= 15 is 0 Å². The molecule has 2 aromatic carbocycles. The van der Waals surface area contributed by atoms with Crippen LogP contribution in [0.5, 0.6) is 5.75 Å². The van der Waals surface area contributed by atoms with Crippen LogP contribution in [0.4, 0.5) is 0 Å². The van der Waals surface area contributed by atoms with Gasteiger partial charge in [-0.05, 0) is 49.6 Å². The third-order valence-corrected chi connectivity index (χ3v) is 5.67. The first-order valence-electron chi connectivity index (χ1n) is 8.12. The second-order valence-electron chi connectivity index (χ2n) is 5.83. The monoisotopic (exact) mass is 348 g/mol. The molecule has 0 amide bonds. The predicted molar refractivity (Wildman–Crippen MR) is 95.0 cm³/mol. The minimum Gasteiger partial charge on any atom is -0.494 e. The molecule has 0 saturated carbocycles. The standard InChI is InChI=1S/C19H24O4S/c1-3-19(20)16-7-9-17(10-8-16)23-13-4-14-24(21,22)18-11-5-15(2)6-12-18/h5-12,19-20H,3-4,13-14H2,1-2H3. The van der Waals surface area contributed by atoms with Crippen molar-refractivity contribution in [3.05, 3.63) is 59.7 Å². The smallest absolute Gasteiger partial charge is 0.178 e. The second-order valence-corrected chi connectivity index (χ2v) is 7.94. The number of hydrogen-bond donors (Lipinski definition) is 1. The van der Waals surface area contributed by atoms with Crippen molar-refractivity contribution in [3.63, 3.8) is 0 Å². The van der Waals surface area contributed by atoms with Crippen LogP contribution in [-0.4, -0.2) is 25.9 Å². The number of rotatable bonds is 8. The number of sulfone groups is 1. The molecule has 1 N–H and O–H groups in total. The third kappa shape index (κ3) is 5.08. The number of benzene rings is 2. The van der Waals surface area contributed by atoms with Gasteiger partial charge in [-0.15, -0.1) is 0 Å². The summed E-state index contributed by atoms with van der Waals surface area (Å²) in [5.41, 5.74) is 1.89. The van der Waals surface area contributed by atoms with E-state index in [-0.39, 0.29) is 5.75 Å². The molecule has 0 bridgehead atoms. The fourth-order valence-corrected chi connectivity index (χ4v) is 3.61. The van der Waals surface area contributed by atoms with Gasteiger partial charge in [-0.1, -0.05) is 36.8 Å². The van der Waals surface area contributed by atoms with Crippen molar-refractivity contribution in [2.24, 2.45) is 0 Å². The molecular weight excluding hydrogens is 324 g/mol. The van der Waals surface area contributed by atoms with Gasteiger partial charge in [-0.25, -0.2) is 8.42 Å². The zero-order valence-electron chi connectivity index (χ0n) is 14.1. The molecule has 0 aliphatic rings. The largest absolute Gasteiger partial charge is 0.494 e. The summed E-state index contributed by atoms with van der Waals surface area (Å²) in [7, 11) is -3.27. The highest BCUT2D eigenvalue weighted by Gasteiger charge is 2.13. The van der Waals surface area contributed by atoms with Gasteiger partial charge in [-0.3, -0.25) is 0 Å². The third-order valence-electron chi connectivity index (χ3n) is 3.86. The Labute approximate surface area is 144 Å². The zero-order valence-corrected chi connectivity index (χ0v) is 14.9. The van der Waals surface area contributed by atoms with E-state index < -0.39 is 15.9 Å². The number of aliphatic hydroxyl groups excluding tert-OH is 1. The fourth-order valence-electron chi connectivity index (χ4n) is 2.32. The Morgan fingerprint density at radius 2 is 1.67 bits per heavy atom. The summed E-state index contributed by atoms with van der Waals surface area (Å²) < 4.78 is 30.0. The molecule has 0 saturated heterocycles. The van der Waals surface area contributed by atoms with E-state index in [1.807, 2.05) is 26.0 Å². The van der Waals surface area contributed by atoms with Crippen LogP contribution in [0, 0.1) is 6.92 Å². The van der Waals surface area contributed by atoms with Crippen molar-refractivity contribution >= 4 is 9.84 Å². The Bertz CT molecular complexity index is 734. The van der Waals surface area contributed by atoms with E-state index in [2.05, 4.69) is 0 Å². The van der Waals surface area contributed by atoms with Gasteiger partial charge in [0.25, 0.3) is 0 Å². The van der Waals surface area contributed by atoms with Crippen LogP contribution >= 0.6 is 0 Å². The molecule has 1 unspecified atom stereocenters. The van der Waals surface area contributed by atoms with Crippen LogP contribution in [0.1, 0.15) is 37.0 Å². The Morgan fingerprint density at radius 3 is 2.25 bits per heavy atom. The zero-order chi connectivity index (χ0) is 17.6. The minimum absolute atomic E-state index is 0.0582. The molecule has 2 aromatic rings. The quantitative estimate of drug-likeness (QED) is 0.739. The molecule has 0 radical (unpaired) electrons. The minimum atomic E-state index is -3.27. The van der Waals surface area contributed by atoms with E-state index in [9.17, 15) is 13.5 Å². The van der Waals surface area contributed by atoms with Gasteiger partial charge in [0, 0.05) is 0 Å².